The molecule has 2 atom stereocenters. The molecule has 0 bridgehead atoms. The molecule has 15 heavy (non-hydrogen) atoms. The molecule has 2 rings (SSSR count). The Labute approximate surface area is 101 Å². The van der Waals surface area contributed by atoms with Gasteiger partial charge in [0, 0.05) is 16.8 Å². The third-order valence-electron chi connectivity index (χ3n) is 3.60. The number of nitrogens with two attached hydrogens (primary N) is 1. The molecule has 0 amide bonds. The predicted octanol–water partition coefficient (Wildman–Crippen LogP) is 4.02. The van der Waals surface area contributed by atoms with Crippen LogP contribution in [0.5, 0.6) is 0 Å². The lowest BCUT2D eigenvalue weighted by atomic mass is 9.67. The molecular formula is C12H18ClNS. The SMILES string of the molecule is CC1(C)CCC(N)CC1c1sccc1Cl. The fourth-order valence-corrected chi connectivity index (χ4v) is 4.00. The van der Waals surface area contributed by atoms with Crippen LogP contribution >= 0.6 is 22.9 Å². The van der Waals surface area contributed by atoms with Crippen LogP contribution in [0.3, 0.4) is 0 Å². The molecule has 1 aliphatic rings. The zero-order valence-corrected chi connectivity index (χ0v) is 10.9. The molecule has 2 unspecified atom stereocenters. The summed E-state index contributed by atoms with van der Waals surface area (Å²) in [6, 6.07) is 2.35. The van der Waals surface area contributed by atoms with E-state index in [1.165, 1.54) is 11.3 Å². The van der Waals surface area contributed by atoms with Gasteiger partial charge in [0.25, 0.3) is 0 Å². The summed E-state index contributed by atoms with van der Waals surface area (Å²) >= 11 is 7.99. The van der Waals surface area contributed by atoms with Crippen LogP contribution in [0.1, 0.15) is 43.9 Å². The summed E-state index contributed by atoms with van der Waals surface area (Å²) in [6.45, 7) is 4.67. The van der Waals surface area contributed by atoms with Crippen LogP contribution in [0.15, 0.2) is 11.4 Å². The van der Waals surface area contributed by atoms with Crippen LogP contribution in [0.2, 0.25) is 5.02 Å². The lowest BCUT2D eigenvalue weighted by molar-refractivity contribution is 0.185. The molecule has 0 aliphatic heterocycles. The fourth-order valence-electron chi connectivity index (χ4n) is 2.49. The molecule has 0 radical (unpaired) electrons. The first-order chi connectivity index (χ1) is 7.00. The summed E-state index contributed by atoms with van der Waals surface area (Å²) in [4.78, 5) is 1.33. The van der Waals surface area contributed by atoms with Crippen LogP contribution in [0, 0.1) is 5.41 Å². The van der Waals surface area contributed by atoms with Crippen molar-refractivity contribution in [1.29, 1.82) is 0 Å². The van der Waals surface area contributed by atoms with E-state index in [4.69, 9.17) is 17.3 Å². The van der Waals surface area contributed by atoms with Crippen molar-refractivity contribution in [1.82, 2.24) is 0 Å². The fraction of sp³-hybridized carbons (Fsp3) is 0.667. The summed E-state index contributed by atoms with van der Waals surface area (Å²) in [7, 11) is 0. The van der Waals surface area contributed by atoms with E-state index in [1.807, 2.05) is 6.07 Å². The third-order valence-corrected chi connectivity index (χ3v) is 5.07. The Balaban J connectivity index is 2.29. The molecule has 1 aliphatic carbocycles. The Morgan fingerprint density at radius 1 is 1.53 bits per heavy atom. The first-order valence-electron chi connectivity index (χ1n) is 5.49. The average molecular weight is 244 g/mol. The van der Waals surface area contributed by atoms with E-state index in [1.54, 1.807) is 11.3 Å². The Bertz CT molecular complexity index is 345. The second kappa shape index (κ2) is 4.08. The largest absolute Gasteiger partial charge is 0.328 e. The van der Waals surface area contributed by atoms with Gasteiger partial charge in [0.15, 0.2) is 0 Å². The van der Waals surface area contributed by atoms with Gasteiger partial charge in [0.2, 0.25) is 0 Å². The summed E-state index contributed by atoms with van der Waals surface area (Å²) < 4.78 is 0. The summed E-state index contributed by atoms with van der Waals surface area (Å²) in [5.41, 5.74) is 6.40. The molecule has 1 aromatic rings. The number of rotatable bonds is 1. The van der Waals surface area contributed by atoms with Crippen LogP contribution < -0.4 is 5.73 Å². The molecule has 1 saturated carbocycles. The van der Waals surface area contributed by atoms with E-state index in [0.717, 1.165) is 17.9 Å². The van der Waals surface area contributed by atoms with Crippen LogP contribution in [0.4, 0.5) is 0 Å². The molecule has 3 heteroatoms. The van der Waals surface area contributed by atoms with E-state index in [9.17, 15) is 0 Å². The minimum Gasteiger partial charge on any atom is -0.328 e. The zero-order chi connectivity index (χ0) is 11.1. The number of thiophene rings is 1. The minimum absolute atomic E-state index is 0.338. The number of halogens is 1. The van der Waals surface area contributed by atoms with Crippen LogP contribution in [-0.4, -0.2) is 6.04 Å². The highest BCUT2D eigenvalue weighted by Gasteiger charge is 2.37. The number of hydrogen-bond donors (Lipinski definition) is 1. The minimum atomic E-state index is 0.338. The molecule has 0 spiro atoms. The third kappa shape index (κ3) is 2.22. The van der Waals surface area contributed by atoms with Gasteiger partial charge in [-0.15, -0.1) is 11.3 Å². The van der Waals surface area contributed by atoms with Crippen molar-refractivity contribution in [3.63, 3.8) is 0 Å². The van der Waals surface area contributed by atoms with E-state index < -0.39 is 0 Å². The van der Waals surface area contributed by atoms with Gasteiger partial charge in [-0.2, -0.15) is 0 Å². The van der Waals surface area contributed by atoms with Gasteiger partial charge in [-0.1, -0.05) is 25.4 Å². The van der Waals surface area contributed by atoms with Crippen LogP contribution in [0.25, 0.3) is 0 Å². The quantitative estimate of drug-likeness (QED) is 0.792. The molecule has 1 aromatic heterocycles. The maximum absolute atomic E-state index is 6.22. The van der Waals surface area contributed by atoms with Crippen molar-refractivity contribution in [2.75, 3.05) is 0 Å². The van der Waals surface area contributed by atoms with Gasteiger partial charge in [-0.25, -0.2) is 0 Å². The van der Waals surface area contributed by atoms with Crippen molar-refractivity contribution in [3.8, 4) is 0 Å². The maximum Gasteiger partial charge on any atom is 0.0548 e. The standard InChI is InChI=1S/C12H18ClNS/c1-12(2)5-3-8(14)7-9(12)11-10(13)4-6-15-11/h4,6,8-9H,3,5,7,14H2,1-2H3. The van der Waals surface area contributed by atoms with E-state index >= 15 is 0 Å². The summed E-state index contributed by atoms with van der Waals surface area (Å²) in [6.07, 6.45) is 3.42. The molecular weight excluding hydrogens is 226 g/mol. The summed E-state index contributed by atoms with van der Waals surface area (Å²) in [5, 5.41) is 3.00. The first kappa shape index (κ1) is 11.4. The Morgan fingerprint density at radius 2 is 2.27 bits per heavy atom. The van der Waals surface area contributed by atoms with Crippen molar-refractivity contribution in [2.24, 2.45) is 11.1 Å². The van der Waals surface area contributed by atoms with Gasteiger partial charge in [0.05, 0.1) is 5.02 Å². The smallest absolute Gasteiger partial charge is 0.0548 e. The second-order valence-corrected chi connectivity index (χ2v) is 6.56. The highest BCUT2D eigenvalue weighted by atomic mass is 35.5. The molecule has 0 saturated heterocycles. The Hall–Kier alpha value is -0.0500. The monoisotopic (exact) mass is 243 g/mol. The molecule has 1 heterocycles. The van der Waals surface area contributed by atoms with Gasteiger partial charge in [-0.3, -0.25) is 0 Å². The molecule has 1 fully saturated rings. The maximum atomic E-state index is 6.22. The van der Waals surface area contributed by atoms with E-state index in [2.05, 4.69) is 19.2 Å². The van der Waals surface area contributed by atoms with Crippen LogP contribution in [-0.2, 0) is 0 Å². The highest BCUT2D eigenvalue weighted by Crippen LogP contribution is 2.49. The molecule has 0 aromatic carbocycles. The average Bonchev–Trinajstić information content (AvgIpc) is 2.56. The molecule has 84 valence electrons. The number of hydrogen-bond acceptors (Lipinski definition) is 2. The van der Waals surface area contributed by atoms with Gasteiger partial charge < -0.3 is 5.73 Å². The van der Waals surface area contributed by atoms with Gasteiger partial charge in [-0.05, 0) is 36.1 Å². The Kier molecular flexibility index (Phi) is 3.11. The van der Waals surface area contributed by atoms with Gasteiger partial charge in [0.1, 0.15) is 0 Å². The zero-order valence-electron chi connectivity index (χ0n) is 9.29. The van der Waals surface area contributed by atoms with E-state index in [0.29, 0.717) is 17.4 Å². The highest BCUT2D eigenvalue weighted by molar-refractivity contribution is 7.10. The second-order valence-electron chi connectivity index (χ2n) is 5.21. The van der Waals surface area contributed by atoms with Gasteiger partial charge >= 0.3 is 0 Å². The molecule has 2 N–H and O–H groups in total. The lowest BCUT2D eigenvalue weighted by Crippen LogP contribution is -2.36. The predicted molar refractivity (Wildman–Crippen MR) is 67.7 cm³/mol. The summed E-state index contributed by atoms with van der Waals surface area (Å²) in [5.74, 6) is 0.536. The molecule has 1 nitrogen and oxygen atoms in total. The van der Waals surface area contributed by atoms with E-state index in [-0.39, 0.29) is 0 Å². The van der Waals surface area contributed by atoms with Crippen molar-refractivity contribution in [2.45, 2.75) is 45.1 Å². The Morgan fingerprint density at radius 3 is 2.87 bits per heavy atom. The normalized spacial score (nSPS) is 30.4. The van der Waals surface area contributed by atoms with Crippen molar-refractivity contribution < 1.29 is 0 Å². The van der Waals surface area contributed by atoms with Crippen molar-refractivity contribution in [3.05, 3.63) is 21.3 Å². The lowest BCUT2D eigenvalue weighted by Gasteiger charge is -2.41. The topological polar surface area (TPSA) is 26.0 Å². The van der Waals surface area contributed by atoms with Crippen molar-refractivity contribution >= 4 is 22.9 Å². The first-order valence-corrected chi connectivity index (χ1v) is 6.75.